The zero-order chi connectivity index (χ0) is 22.5. The fraction of sp³-hybridized carbons (Fsp3) is 0.500. The average molecular weight is 463 g/mol. The van der Waals surface area contributed by atoms with E-state index >= 15 is 0 Å². The van der Waals surface area contributed by atoms with Crippen molar-refractivity contribution in [3.05, 3.63) is 48.0 Å². The number of aliphatic hydroxyl groups is 1. The van der Waals surface area contributed by atoms with Crippen LogP contribution in [0.4, 0.5) is 8.78 Å². The molecule has 0 spiro atoms. The molecule has 1 saturated heterocycles. The predicted molar refractivity (Wildman–Crippen MR) is 121 cm³/mol. The third kappa shape index (κ3) is 3.82. The lowest BCUT2D eigenvalue weighted by molar-refractivity contribution is 0.126. The minimum Gasteiger partial charge on any atom is -0.390 e. The molecule has 1 saturated carbocycles. The van der Waals surface area contributed by atoms with Gasteiger partial charge in [0.2, 0.25) is 10.0 Å². The number of fused-ring (bicyclic) bond motifs is 3. The summed E-state index contributed by atoms with van der Waals surface area (Å²) in [5, 5.41) is 11.7. The summed E-state index contributed by atoms with van der Waals surface area (Å²) in [7, 11) is -3.45. The van der Waals surface area contributed by atoms with E-state index in [0.29, 0.717) is 34.8 Å². The summed E-state index contributed by atoms with van der Waals surface area (Å²) in [5.74, 6) is -0.612. The highest BCUT2D eigenvalue weighted by Crippen LogP contribution is 2.37. The Labute approximate surface area is 186 Å². The van der Waals surface area contributed by atoms with Crippen molar-refractivity contribution in [1.82, 2.24) is 8.87 Å². The molecular weight excluding hydrogens is 434 g/mol. The fourth-order valence-electron chi connectivity index (χ4n) is 5.69. The molecule has 32 heavy (non-hydrogen) atoms. The standard InChI is InChI=1S/C24H28F2N2O3S/c25-17-7-9-22-20(12-17)21-13-18(26)8-10-23(21)28(22)15-19(29)14-27-11-3-6-24(32(27,30)31)16-4-1-2-5-16/h7-10,12-13,16,19,24,29H,1-6,11,14-15H2. The van der Waals surface area contributed by atoms with Gasteiger partial charge in [0, 0.05) is 34.9 Å². The molecule has 2 unspecified atom stereocenters. The third-order valence-electron chi connectivity index (χ3n) is 7.16. The molecule has 2 fully saturated rings. The Hall–Kier alpha value is -2.03. The van der Waals surface area contributed by atoms with Crippen molar-refractivity contribution in [2.45, 2.75) is 56.4 Å². The van der Waals surface area contributed by atoms with Crippen LogP contribution >= 0.6 is 0 Å². The number of sulfonamides is 1. The number of benzene rings is 2. The monoisotopic (exact) mass is 462 g/mol. The van der Waals surface area contributed by atoms with Gasteiger partial charge in [-0.15, -0.1) is 0 Å². The molecule has 5 rings (SSSR count). The van der Waals surface area contributed by atoms with Crippen molar-refractivity contribution in [3.8, 4) is 0 Å². The smallest absolute Gasteiger partial charge is 0.217 e. The van der Waals surface area contributed by atoms with Crippen LogP contribution in [0.25, 0.3) is 21.8 Å². The lowest BCUT2D eigenvalue weighted by atomic mass is 9.99. The van der Waals surface area contributed by atoms with E-state index in [2.05, 4.69) is 0 Å². The number of hydrogen-bond acceptors (Lipinski definition) is 3. The highest BCUT2D eigenvalue weighted by molar-refractivity contribution is 7.89. The number of hydrogen-bond donors (Lipinski definition) is 1. The number of halogens is 2. The van der Waals surface area contributed by atoms with Crippen LogP contribution in [-0.4, -0.2) is 46.8 Å². The van der Waals surface area contributed by atoms with Crippen LogP contribution in [0.2, 0.25) is 0 Å². The van der Waals surface area contributed by atoms with Crippen molar-refractivity contribution >= 4 is 31.8 Å². The molecule has 1 N–H and O–H groups in total. The van der Waals surface area contributed by atoms with E-state index in [1.54, 1.807) is 12.1 Å². The Bertz CT molecular complexity index is 1190. The van der Waals surface area contributed by atoms with Crippen molar-refractivity contribution in [2.75, 3.05) is 13.1 Å². The first-order chi connectivity index (χ1) is 15.3. The second kappa shape index (κ2) is 8.39. The maximum atomic E-state index is 13.9. The first-order valence-electron chi connectivity index (χ1n) is 11.4. The average Bonchev–Trinajstić information content (AvgIpc) is 3.37. The van der Waals surface area contributed by atoms with Gasteiger partial charge < -0.3 is 9.67 Å². The Kier molecular flexibility index (Phi) is 5.72. The highest BCUT2D eigenvalue weighted by Gasteiger charge is 2.41. The number of β-amino-alcohol motifs (C(OH)–C–C–N with tert-alkyl or cyclic N) is 1. The predicted octanol–water partition coefficient (Wildman–Crippen LogP) is 4.42. The fourth-order valence-corrected chi connectivity index (χ4v) is 8.06. The summed E-state index contributed by atoms with van der Waals surface area (Å²) in [5.41, 5.74) is 1.35. The normalized spacial score (nSPS) is 23.3. The van der Waals surface area contributed by atoms with Crippen LogP contribution in [0.5, 0.6) is 0 Å². The van der Waals surface area contributed by atoms with Crippen molar-refractivity contribution < 1.29 is 22.3 Å². The van der Waals surface area contributed by atoms with Crippen LogP contribution < -0.4 is 0 Å². The number of rotatable bonds is 5. The molecule has 3 aromatic rings. The summed E-state index contributed by atoms with van der Waals surface area (Å²) < 4.78 is 57.5. The zero-order valence-corrected chi connectivity index (χ0v) is 18.7. The first-order valence-corrected chi connectivity index (χ1v) is 12.9. The molecule has 0 bridgehead atoms. The minimum atomic E-state index is -3.45. The quantitative estimate of drug-likeness (QED) is 0.611. The summed E-state index contributed by atoms with van der Waals surface area (Å²) in [6.07, 6.45) is 4.68. The summed E-state index contributed by atoms with van der Waals surface area (Å²) >= 11 is 0. The van der Waals surface area contributed by atoms with Crippen molar-refractivity contribution in [1.29, 1.82) is 0 Å². The van der Waals surface area contributed by atoms with E-state index < -0.39 is 27.8 Å². The Balaban J connectivity index is 1.42. The molecule has 0 radical (unpaired) electrons. The SMILES string of the molecule is O=S1(=O)C(C2CCCC2)CCCN1CC(O)Cn1c2ccc(F)cc2c2cc(F)ccc21. The lowest BCUT2D eigenvalue weighted by Crippen LogP contribution is -2.49. The van der Waals surface area contributed by atoms with Gasteiger partial charge in [0.1, 0.15) is 11.6 Å². The van der Waals surface area contributed by atoms with Gasteiger partial charge in [0.05, 0.1) is 17.9 Å². The van der Waals surface area contributed by atoms with Gasteiger partial charge >= 0.3 is 0 Å². The van der Waals surface area contributed by atoms with E-state index in [1.165, 1.54) is 28.6 Å². The van der Waals surface area contributed by atoms with E-state index in [4.69, 9.17) is 0 Å². The zero-order valence-electron chi connectivity index (χ0n) is 17.9. The highest BCUT2D eigenvalue weighted by atomic mass is 32.2. The summed E-state index contributed by atoms with van der Waals surface area (Å²) in [4.78, 5) is 0. The van der Waals surface area contributed by atoms with Gasteiger partial charge in [-0.2, -0.15) is 4.31 Å². The Morgan fingerprint density at radius 3 is 2.09 bits per heavy atom. The number of nitrogens with zero attached hydrogens (tertiary/aromatic N) is 2. The molecule has 2 aliphatic rings. The van der Waals surface area contributed by atoms with E-state index in [9.17, 15) is 22.3 Å². The molecule has 2 heterocycles. The first kappa shape index (κ1) is 21.8. The maximum absolute atomic E-state index is 13.9. The topological polar surface area (TPSA) is 62.5 Å². The molecule has 2 aromatic carbocycles. The summed E-state index contributed by atoms with van der Waals surface area (Å²) in [6.45, 7) is 0.582. The maximum Gasteiger partial charge on any atom is 0.217 e. The van der Waals surface area contributed by atoms with Gasteiger partial charge in [-0.3, -0.25) is 0 Å². The van der Waals surface area contributed by atoms with Crippen molar-refractivity contribution in [2.24, 2.45) is 5.92 Å². The second-order valence-corrected chi connectivity index (χ2v) is 11.4. The van der Waals surface area contributed by atoms with Gasteiger partial charge in [0.25, 0.3) is 0 Å². The minimum absolute atomic E-state index is 0.0229. The molecule has 172 valence electrons. The molecule has 5 nitrogen and oxygen atoms in total. The van der Waals surface area contributed by atoms with Crippen LogP contribution in [-0.2, 0) is 16.6 Å². The molecule has 2 atom stereocenters. The Morgan fingerprint density at radius 2 is 1.50 bits per heavy atom. The van der Waals surface area contributed by atoms with Gasteiger partial charge in [-0.05, 0) is 68.0 Å². The summed E-state index contributed by atoms with van der Waals surface area (Å²) in [6, 6.07) is 8.62. The van der Waals surface area contributed by atoms with Crippen molar-refractivity contribution in [3.63, 3.8) is 0 Å². The van der Waals surface area contributed by atoms with E-state index in [-0.39, 0.29) is 24.3 Å². The van der Waals surface area contributed by atoms with Crippen LogP contribution in [0.3, 0.4) is 0 Å². The van der Waals surface area contributed by atoms with Crippen LogP contribution in [0, 0.1) is 17.6 Å². The second-order valence-electron chi connectivity index (χ2n) is 9.22. The van der Waals surface area contributed by atoms with Gasteiger partial charge in [-0.1, -0.05) is 12.8 Å². The van der Waals surface area contributed by atoms with Gasteiger partial charge in [0.15, 0.2) is 0 Å². The molecule has 0 amide bonds. The van der Waals surface area contributed by atoms with Crippen LogP contribution in [0.15, 0.2) is 36.4 Å². The van der Waals surface area contributed by atoms with Crippen LogP contribution in [0.1, 0.15) is 38.5 Å². The molecule has 1 aromatic heterocycles. The molecule has 1 aliphatic carbocycles. The molecule has 8 heteroatoms. The number of aromatic nitrogens is 1. The third-order valence-corrected chi connectivity index (χ3v) is 9.60. The largest absolute Gasteiger partial charge is 0.390 e. The van der Waals surface area contributed by atoms with Gasteiger partial charge in [-0.25, -0.2) is 17.2 Å². The lowest BCUT2D eigenvalue weighted by Gasteiger charge is -2.36. The van der Waals surface area contributed by atoms with E-state index in [1.807, 2.05) is 4.57 Å². The Morgan fingerprint density at radius 1 is 0.906 bits per heavy atom. The van der Waals surface area contributed by atoms with E-state index in [0.717, 1.165) is 32.1 Å². The number of aliphatic hydroxyl groups excluding tert-OH is 1. The molecular formula is C24H28F2N2O3S. The molecule has 1 aliphatic heterocycles.